The van der Waals surface area contributed by atoms with Crippen LogP contribution < -0.4 is 14.4 Å². The number of carbonyl (C=O) groups is 2. The van der Waals surface area contributed by atoms with Gasteiger partial charge in [-0.3, -0.25) is 13.9 Å². The molecule has 2 aromatic carbocycles. The average molecular weight is 610 g/mol. The Morgan fingerprint density at radius 1 is 0.953 bits per heavy atom. The van der Waals surface area contributed by atoms with Gasteiger partial charge in [0, 0.05) is 13.1 Å². The predicted molar refractivity (Wildman–Crippen MR) is 169 cm³/mol. The fourth-order valence-electron chi connectivity index (χ4n) is 8.27. The minimum absolute atomic E-state index is 0.170. The first-order valence-corrected chi connectivity index (χ1v) is 17.7. The number of sulfonamides is 1. The molecule has 1 atom stereocenters. The molecule has 0 saturated heterocycles. The average Bonchev–Trinajstić information content (AvgIpc) is 2.97. The van der Waals surface area contributed by atoms with Gasteiger partial charge in [-0.2, -0.15) is 0 Å². The molecule has 0 heterocycles. The summed E-state index contributed by atoms with van der Waals surface area (Å²) in [6, 6.07) is 14.5. The van der Waals surface area contributed by atoms with Gasteiger partial charge in [0.05, 0.1) is 19.1 Å². The highest BCUT2D eigenvalue weighted by Gasteiger charge is 2.51. The van der Waals surface area contributed by atoms with Crippen molar-refractivity contribution in [3.8, 4) is 5.75 Å². The number of rotatable bonds is 13. The van der Waals surface area contributed by atoms with E-state index in [2.05, 4.69) is 17.4 Å². The van der Waals surface area contributed by atoms with Crippen LogP contribution >= 0.6 is 0 Å². The SMILES string of the molecule is CCCNC(=O)[C@@H](CC)N(Cc1ccc(OC)cc1)C(=O)CN(c1ccc(C23CC4CC(CC(C4)C2)C3)cc1)S(C)(=O)=O. The number of nitrogens with zero attached hydrogens (tertiary/aromatic N) is 2. The zero-order valence-corrected chi connectivity index (χ0v) is 26.9. The van der Waals surface area contributed by atoms with E-state index >= 15 is 0 Å². The number of nitrogens with one attached hydrogen (secondary N) is 1. The lowest BCUT2D eigenvalue weighted by Crippen LogP contribution is -2.52. The van der Waals surface area contributed by atoms with Gasteiger partial charge in [0.2, 0.25) is 21.8 Å². The molecule has 0 spiro atoms. The molecule has 0 aliphatic heterocycles. The summed E-state index contributed by atoms with van der Waals surface area (Å²) in [6.45, 7) is 4.13. The van der Waals surface area contributed by atoms with Crippen LogP contribution in [0.2, 0.25) is 0 Å². The Kier molecular flexibility index (Phi) is 9.40. The van der Waals surface area contributed by atoms with Crippen LogP contribution in [0.5, 0.6) is 5.75 Å². The van der Waals surface area contributed by atoms with E-state index < -0.39 is 22.0 Å². The third-order valence-electron chi connectivity index (χ3n) is 9.93. The molecule has 0 unspecified atom stereocenters. The number of hydrogen-bond donors (Lipinski definition) is 1. The van der Waals surface area contributed by atoms with Crippen molar-refractivity contribution in [1.29, 1.82) is 0 Å². The van der Waals surface area contributed by atoms with Crippen molar-refractivity contribution in [2.45, 2.75) is 83.2 Å². The fourth-order valence-corrected chi connectivity index (χ4v) is 9.12. The van der Waals surface area contributed by atoms with Gasteiger partial charge in [0.15, 0.2) is 0 Å². The van der Waals surface area contributed by atoms with Crippen molar-refractivity contribution < 1.29 is 22.7 Å². The van der Waals surface area contributed by atoms with Gasteiger partial charge in [-0.25, -0.2) is 8.42 Å². The zero-order valence-electron chi connectivity index (χ0n) is 26.1. The highest BCUT2D eigenvalue weighted by atomic mass is 32.2. The standard InChI is InChI=1S/C34H47N3O5S/c1-5-15-35-33(39)31(6-2)36(22-24-7-13-30(42-3)14-8-24)32(38)23-37(43(4,40)41)29-11-9-28(10-12-29)34-19-25-16-26(20-34)18-27(17-25)21-34/h7-14,25-27,31H,5-6,15-23H2,1-4H3,(H,35,39)/t25?,26?,27?,31-,34?/m1/s1. The van der Waals surface area contributed by atoms with E-state index in [0.717, 1.165) is 36.0 Å². The number of amides is 2. The van der Waals surface area contributed by atoms with Crippen LogP contribution in [0.15, 0.2) is 48.5 Å². The Bertz CT molecular complexity index is 1350. The van der Waals surface area contributed by atoms with Crippen LogP contribution in [-0.2, 0) is 31.6 Å². The van der Waals surface area contributed by atoms with Gasteiger partial charge < -0.3 is 15.0 Å². The Morgan fingerprint density at radius 2 is 1.53 bits per heavy atom. The van der Waals surface area contributed by atoms with Crippen molar-refractivity contribution in [2.75, 3.05) is 30.8 Å². The first-order valence-electron chi connectivity index (χ1n) is 15.8. The number of ether oxygens (including phenoxy) is 1. The molecule has 2 aromatic rings. The molecule has 4 saturated carbocycles. The molecule has 4 aliphatic rings. The Balaban J connectivity index is 1.39. The molecule has 4 bridgehead atoms. The Morgan fingerprint density at radius 3 is 2.02 bits per heavy atom. The van der Waals surface area contributed by atoms with Crippen molar-refractivity contribution in [2.24, 2.45) is 17.8 Å². The maximum Gasteiger partial charge on any atom is 0.244 e. The topological polar surface area (TPSA) is 96.0 Å². The summed E-state index contributed by atoms with van der Waals surface area (Å²) < 4.78 is 32.7. The third-order valence-corrected chi connectivity index (χ3v) is 11.1. The van der Waals surface area contributed by atoms with E-state index in [4.69, 9.17) is 4.74 Å². The van der Waals surface area contributed by atoms with Gasteiger partial charge in [0.25, 0.3) is 0 Å². The monoisotopic (exact) mass is 609 g/mol. The zero-order chi connectivity index (χ0) is 30.8. The summed E-state index contributed by atoms with van der Waals surface area (Å²) >= 11 is 0. The smallest absolute Gasteiger partial charge is 0.244 e. The lowest BCUT2D eigenvalue weighted by atomic mass is 9.48. The summed E-state index contributed by atoms with van der Waals surface area (Å²) in [5, 5.41) is 2.91. The van der Waals surface area contributed by atoms with Gasteiger partial charge in [-0.15, -0.1) is 0 Å². The van der Waals surface area contributed by atoms with Crippen LogP contribution in [0.25, 0.3) is 0 Å². The number of carbonyl (C=O) groups excluding carboxylic acids is 2. The largest absolute Gasteiger partial charge is 0.497 e. The summed E-state index contributed by atoms with van der Waals surface area (Å²) in [6.07, 6.45) is 10.1. The summed E-state index contributed by atoms with van der Waals surface area (Å²) in [4.78, 5) is 28.7. The molecule has 1 N–H and O–H groups in total. The first-order chi connectivity index (χ1) is 20.5. The maximum atomic E-state index is 14.0. The van der Waals surface area contributed by atoms with Crippen molar-refractivity contribution in [3.63, 3.8) is 0 Å². The Hall–Kier alpha value is -3.07. The molecular weight excluding hydrogens is 562 g/mol. The van der Waals surface area contributed by atoms with Gasteiger partial charge in [0.1, 0.15) is 18.3 Å². The minimum atomic E-state index is -3.78. The molecule has 4 aliphatic carbocycles. The van der Waals surface area contributed by atoms with Crippen molar-refractivity contribution >= 4 is 27.5 Å². The van der Waals surface area contributed by atoms with E-state index in [9.17, 15) is 18.0 Å². The minimum Gasteiger partial charge on any atom is -0.497 e. The van der Waals surface area contributed by atoms with E-state index in [1.165, 1.54) is 53.3 Å². The van der Waals surface area contributed by atoms with E-state index in [1.807, 2.05) is 50.2 Å². The summed E-state index contributed by atoms with van der Waals surface area (Å²) in [5.74, 6) is 2.47. The van der Waals surface area contributed by atoms with Crippen LogP contribution in [-0.4, -0.2) is 57.6 Å². The number of hydrogen-bond acceptors (Lipinski definition) is 5. The van der Waals surface area contributed by atoms with Crippen LogP contribution in [0, 0.1) is 17.8 Å². The molecule has 4 fully saturated rings. The van der Waals surface area contributed by atoms with Crippen LogP contribution in [0.3, 0.4) is 0 Å². The number of anilines is 1. The highest BCUT2D eigenvalue weighted by Crippen LogP contribution is 2.60. The highest BCUT2D eigenvalue weighted by molar-refractivity contribution is 7.92. The maximum absolute atomic E-state index is 14.0. The molecule has 6 rings (SSSR count). The van der Waals surface area contributed by atoms with Crippen LogP contribution in [0.4, 0.5) is 5.69 Å². The molecule has 9 heteroatoms. The number of methoxy groups -OCH3 is 1. The van der Waals surface area contributed by atoms with Gasteiger partial charge in [-0.1, -0.05) is 38.1 Å². The van der Waals surface area contributed by atoms with E-state index in [-0.39, 0.29) is 24.4 Å². The van der Waals surface area contributed by atoms with Gasteiger partial charge >= 0.3 is 0 Å². The van der Waals surface area contributed by atoms with E-state index in [1.54, 1.807) is 7.11 Å². The second kappa shape index (κ2) is 12.9. The second-order valence-electron chi connectivity index (χ2n) is 13.1. The lowest BCUT2D eigenvalue weighted by Gasteiger charge is -2.57. The Labute approximate surface area is 257 Å². The molecule has 234 valence electrons. The molecule has 8 nitrogen and oxygen atoms in total. The van der Waals surface area contributed by atoms with Gasteiger partial charge in [-0.05, 0) is 110 Å². The number of benzene rings is 2. The quantitative estimate of drug-likeness (QED) is 0.334. The molecular formula is C34H47N3O5S. The third kappa shape index (κ3) is 6.87. The van der Waals surface area contributed by atoms with Crippen molar-refractivity contribution in [1.82, 2.24) is 10.2 Å². The van der Waals surface area contributed by atoms with Crippen molar-refractivity contribution in [3.05, 3.63) is 59.7 Å². The lowest BCUT2D eigenvalue weighted by molar-refractivity contribution is -0.140. The first kappa shape index (κ1) is 31.4. The van der Waals surface area contributed by atoms with Crippen LogP contribution in [0.1, 0.15) is 76.3 Å². The predicted octanol–water partition coefficient (Wildman–Crippen LogP) is 5.26. The molecule has 43 heavy (non-hydrogen) atoms. The molecule has 0 radical (unpaired) electrons. The normalized spacial score (nSPS) is 24.8. The fraction of sp³-hybridized carbons (Fsp3) is 0.588. The molecule has 2 amide bonds. The summed E-state index contributed by atoms with van der Waals surface area (Å²) in [7, 11) is -2.20. The second-order valence-corrected chi connectivity index (χ2v) is 15.0. The molecule has 0 aromatic heterocycles. The summed E-state index contributed by atoms with van der Waals surface area (Å²) in [5.41, 5.74) is 2.79. The van der Waals surface area contributed by atoms with E-state index in [0.29, 0.717) is 24.4 Å².